The van der Waals surface area contributed by atoms with Gasteiger partial charge in [0.25, 0.3) is 0 Å². The van der Waals surface area contributed by atoms with Crippen molar-refractivity contribution in [1.29, 1.82) is 0 Å². The summed E-state index contributed by atoms with van der Waals surface area (Å²) < 4.78 is 26.8. The zero-order valence-corrected chi connectivity index (χ0v) is 9.06. The van der Waals surface area contributed by atoms with Crippen LogP contribution in [0.4, 0.5) is 8.78 Å². The van der Waals surface area contributed by atoms with Gasteiger partial charge in [-0.1, -0.05) is 25.8 Å². The summed E-state index contributed by atoms with van der Waals surface area (Å²) in [5, 5.41) is 9.66. The van der Waals surface area contributed by atoms with Crippen LogP contribution in [0, 0.1) is 18.6 Å². The van der Waals surface area contributed by atoms with Gasteiger partial charge in [-0.3, -0.25) is 0 Å². The SMILES string of the molecule is CCCCC(O)c1c(F)ccc(C)c1F. The summed E-state index contributed by atoms with van der Waals surface area (Å²) >= 11 is 0. The third kappa shape index (κ3) is 2.75. The minimum Gasteiger partial charge on any atom is -0.388 e. The van der Waals surface area contributed by atoms with E-state index in [1.165, 1.54) is 12.1 Å². The maximum atomic E-state index is 13.5. The van der Waals surface area contributed by atoms with Crippen LogP contribution in [0.25, 0.3) is 0 Å². The molecule has 0 radical (unpaired) electrons. The molecule has 1 unspecified atom stereocenters. The van der Waals surface area contributed by atoms with Crippen molar-refractivity contribution in [3.8, 4) is 0 Å². The first-order valence-corrected chi connectivity index (χ1v) is 5.20. The molecule has 1 N–H and O–H groups in total. The summed E-state index contributed by atoms with van der Waals surface area (Å²) in [7, 11) is 0. The van der Waals surface area contributed by atoms with Crippen molar-refractivity contribution in [2.75, 3.05) is 0 Å². The van der Waals surface area contributed by atoms with Gasteiger partial charge in [0.2, 0.25) is 0 Å². The molecule has 0 saturated carbocycles. The van der Waals surface area contributed by atoms with Crippen LogP contribution in [0.1, 0.15) is 43.4 Å². The van der Waals surface area contributed by atoms with E-state index in [-0.39, 0.29) is 5.56 Å². The third-order valence-electron chi connectivity index (χ3n) is 2.48. The first kappa shape index (κ1) is 12.1. The molecule has 0 aromatic heterocycles. The Morgan fingerprint density at radius 2 is 2.00 bits per heavy atom. The molecule has 3 heteroatoms. The lowest BCUT2D eigenvalue weighted by Gasteiger charge is -2.13. The van der Waals surface area contributed by atoms with Gasteiger partial charge in [-0.05, 0) is 25.0 Å². The lowest BCUT2D eigenvalue weighted by atomic mass is 10.0. The van der Waals surface area contributed by atoms with Crippen molar-refractivity contribution in [1.82, 2.24) is 0 Å². The van der Waals surface area contributed by atoms with E-state index in [1.54, 1.807) is 6.92 Å². The normalized spacial score (nSPS) is 12.9. The molecule has 15 heavy (non-hydrogen) atoms. The Kier molecular flexibility index (Phi) is 4.21. The van der Waals surface area contributed by atoms with Crippen molar-refractivity contribution >= 4 is 0 Å². The Balaban J connectivity index is 2.96. The Bertz CT molecular complexity index is 337. The highest BCUT2D eigenvalue weighted by molar-refractivity contribution is 5.28. The molecule has 1 rings (SSSR count). The number of benzene rings is 1. The van der Waals surface area contributed by atoms with E-state index in [1.807, 2.05) is 6.92 Å². The van der Waals surface area contributed by atoms with E-state index >= 15 is 0 Å². The molecule has 0 aliphatic rings. The molecule has 1 aromatic carbocycles. The fourth-order valence-electron chi connectivity index (χ4n) is 1.53. The molecule has 0 heterocycles. The first-order chi connectivity index (χ1) is 7.07. The van der Waals surface area contributed by atoms with Gasteiger partial charge < -0.3 is 5.11 Å². The summed E-state index contributed by atoms with van der Waals surface area (Å²) in [6, 6.07) is 2.57. The monoisotopic (exact) mass is 214 g/mol. The van der Waals surface area contributed by atoms with Gasteiger partial charge >= 0.3 is 0 Å². The number of hydrogen-bond acceptors (Lipinski definition) is 1. The second-order valence-corrected chi connectivity index (χ2v) is 3.75. The van der Waals surface area contributed by atoms with Crippen LogP contribution in [-0.4, -0.2) is 5.11 Å². The van der Waals surface area contributed by atoms with Gasteiger partial charge in [0.05, 0.1) is 11.7 Å². The van der Waals surface area contributed by atoms with Gasteiger partial charge in [-0.15, -0.1) is 0 Å². The van der Waals surface area contributed by atoms with Crippen LogP contribution in [-0.2, 0) is 0 Å². The van der Waals surface area contributed by atoms with E-state index in [2.05, 4.69) is 0 Å². The molecule has 84 valence electrons. The first-order valence-electron chi connectivity index (χ1n) is 5.20. The summed E-state index contributed by atoms with van der Waals surface area (Å²) in [5.74, 6) is -1.29. The molecule has 0 aliphatic carbocycles. The minimum absolute atomic E-state index is 0.191. The molecule has 0 amide bonds. The molecule has 0 fully saturated rings. The highest BCUT2D eigenvalue weighted by Crippen LogP contribution is 2.26. The topological polar surface area (TPSA) is 20.2 Å². The number of hydrogen-bond donors (Lipinski definition) is 1. The largest absolute Gasteiger partial charge is 0.388 e. The Morgan fingerprint density at radius 1 is 1.33 bits per heavy atom. The van der Waals surface area contributed by atoms with E-state index < -0.39 is 17.7 Å². The predicted molar refractivity (Wildman–Crippen MR) is 55.6 cm³/mol. The van der Waals surface area contributed by atoms with Gasteiger partial charge in [0.1, 0.15) is 11.6 Å². The quantitative estimate of drug-likeness (QED) is 0.813. The van der Waals surface area contributed by atoms with E-state index in [4.69, 9.17) is 0 Å². The number of aliphatic hydroxyl groups excluding tert-OH is 1. The summed E-state index contributed by atoms with van der Waals surface area (Å²) in [4.78, 5) is 0. The maximum absolute atomic E-state index is 13.5. The summed E-state index contributed by atoms with van der Waals surface area (Å²) in [5.41, 5.74) is 0.172. The molecule has 0 saturated heterocycles. The summed E-state index contributed by atoms with van der Waals surface area (Å²) in [6.07, 6.45) is 1.01. The van der Waals surface area contributed by atoms with Crippen LogP contribution in [0.15, 0.2) is 12.1 Å². The van der Waals surface area contributed by atoms with Crippen LogP contribution in [0.3, 0.4) is 0 Å². The number of unbranched alkanes of at least 4 members (excludes halogenated alkanes) is 1. The van der Waals surface area contributed by atoms with Gasteiger partial charge in [-0.25, -0.2) is 8.78 Å². The highest BCUT2D eigenvalue weighted by Gasteiger charge is 2.18. The molecular formula is C12H16F2O. The fourth-order valence-corrected chi connectivity index (χ4v) is 1.53. The average Bonchev–Trinajstić information content (AvgIpc) is 2.21. The Morgan fingerprint density at radius 3 is 2.60 bits per heavy atom. The molecular weight excluding hydrogens is 198 g/mol. The van der Waals surface area contributed by atoms with Crippen LogP contribution >= 0.6 is 0 Å². The number of aliphatic hydroxyl groups is 1. The minimum atomic E-state index is -1.04. The van der Waals surface area contributed by atoms with E-state index in [9.17, 15) is 13.9 Å². The van der Waals surface area contributed by atoms with Crippen molar-refractivity contribution in [2.45, 2.75) is 39.2 Å². The second-order valence-electron chi connectivity index (χ2n) is 3.75. The molecule has 0 spiro atoms. The summed E-state index contributed by atoms with van der Waals surface area (Å²) in [6.45, 7) is 3.53. The van der Waals surface area contributed by atoms with E-state index in [0.717, 1.165) is 12.8 Å². The van der Waals surface area contributed by atoms with Crippen molar-refractivity contribution in [3.05, 3.63) is 34.9 Å². The molecule has 0 aliphatic heterocycles. The van der Waals surface area contributed by atoms with Crippen molar-refractivity contribution in [3.63, 3.8) is 0 Å². The van der Waals surface area contributed by atoms with Crippen LogP contribution in [0.2, 0.25) is 0 Å². The zero-order valence-electron chi connectivity index (χ0n) is 9.06. The number of rotatable bonds is 4. The molecule has 1 aromatic rings. The highest BCUT2D eigenvalue weighted by atomic mass is 19.1. The van der Waals surface area contributed by atoms with Crippen LogP contribution < -0.4 is 0 Å². The predicted octanol–water partition coefficient (Wildman–Crippen LogP) is 3.50. The van der Waals surface area contributed by atoms with Crippen molar-refractivity contribution in [2.24, 2.45) is 0 Å². The standard InChI is InChI=1S/C12H16F2O/c1-3-4-5-10(15)11-9(13)7-6-8(2)12(11)14/h6-7,10,15H,3-5H2,1-2H3. The maximum Gasteiger partial charge on any atom is 0.134 e. The Labute approximate surface area is 88.7 Å². The smallest absolute Gasteiger partial charge is 0.134 e. The number of halogens is 2. The molecule has 1 nitrogen and oxygen atoms in total. The van der Waals surface area contributed by atoms with Crippen molar-refractivity contribution < 1.29 is 13.9 Å². The van der Waals surface area contributed by atoms with Crippen LogP contribution in [0.5, 0.6) is 0 Å². The number of aryl methyl sites for hydroxylation is 1. The van der Waals surface area contributed by atoms with E-state index in [0.29, 0.717) is 12.0 Å². The van der Waals surface area contributed by atoms with Gasteiger partial charge in [0.15, 0.2) is 0 Å². The van der Waals surface area contributed by atoms with Gasteiger partial charge in [-0.2, -0.15) is 0 Å². The zero-order chi connectivity index (χ0) is 11.4. The lowest BCUT2D eigenvalue weighted by Crippen LogP contribution is -2.05. The third-order valence-corrected chi connectivity index (χ3v) is 2.48. The Hall–Kier alpha value is -0.960. The molecule has 1 atom stereocenters. The average molecular weight is 214 g/mol. The second kappa shape index (κ2) is 5.21. The molecule has 0 bridgehead atoms. The van der Waals surface area contributed by atoms with Gasteiger partial charge in [0, 0.05) is 0 Å². The lowest BCUT2D eigenvalue weighted by molar-refractivity contribution is 0.154. The fraction of sp³-hybridized carbons (Fsp3) is 0.500.